The SMILES string of the molecule is FC1=NN(NC2CCCCC2)N[C]=C1. The van der Waals surface area contributed by atoms with Crippen LogP contribution in [0.5, 0.6) is 0 Å². The Morgan fingerprint density at radius 2 is 2.29 bits per heavy atom. The maximum absolute atomic E-state index is 12.7. The second-order valence-corrected chi connectivity index (χ2v) is 3.60. The molecule has 1 radical (unpaired) electrons. The number of allylic oxidation sites excluding steroid dienone is 1. The van der Waals surface area contributed by atoms with Crippen LogP contribution in [0.25, 0.3) is 0 Å². The molecule has 1 aliphatic carbocycles. The van der Waals surface area contributed by atoms with Crippen molar-refractivity contribution < 1.29 is 4.39 Å². The molecule has 5 heteroatoms. The molecule has 0 aromatic carbocycles. The molecule has 0 aromatic rings. The number of hydrogen-bond acceptors (Lipinski definition) is 4. The van der Waals surface area contributed by atoms with Crippen molar-refractivity contribution in [2.45, 2.75) is 38.1 Å². The Bertz CT molecular complexity index is 245. The Morgan fingerprint density at radius 1 is 1.50 bits per heavy atom. The summed E-state index contributed by atoms with van der Waals surface area (Å²) in [5.41, 5.74) is 5.79. The molecular weight excluding hydrogens is 183 g/mol. The summed E-state index contributed by atoms with van der Waals surface area (Å²) in [5.74, 6) is -0.535. The van der Waals surface area contributed by atoms with E-state index >= 15 is 0 Å². The first kappa shape index (κ1) is 9.45. The van der Waals surface area contributed by atoms with E-state index in [9.17, 15) is 4.39 Å². The van der Waals surface area contributed by atoms with Crippen molar-refractivity contribution in [1.29, 1.82) is 0 Å². The second kappa shape index (κ2) is 4.41. The van der Waals surface area contributed by atoms with E-state index < -0.39 is 5.97 Å². The van der Waals surface area contributed by atoms with Crippen LogP contribution in [0.15, 0.2) is 11.2 Å². The van der Waals surface area contributed by atoms with Gasteiger partial charge in [-0.2, -0.15) is 9.82 Å². The topological polar surface area (TPSA) is 39.7 Å². The van der Waals surface area contributed by atoms with Gasteiger partial charge in [-0.05, 0) is 12.8 Å². The Labute approximate surface area is 82.8 Å². The Morgan fingerprint density at radius 3 is 3.00 bits per heavy atom. The molecule has 0 amide bonds. The van der Waals surface area contributed by atoms with Crippen molar-refractivity contribution in [3.8, 4) is 0 Å². The highest BCUT2D eigenvalue weighted by atomic mass is 19.1. The van der Waals surface area contributed by atoms with Crippen LogP contribution in [0.1, 0.15) is 32.1 Å². The second-order valence-electron chi connectivity index (χ2n) is 3.60. The van der Waals surface area contributed by atoms with Crippen LogP contribution in [0.3, 0.4) is 0 Å². The summed E-state index contributed by atoms with van der Waals surface area (Å²) in [6.45, 7) is 0. The van der Waals surface area contributed by atoms with Crippen LogP contribution in [-0.4, -0.2) is 17.2 Å². The van der Waals surface area contributed by atoms with Gasteiger partial charge in [0, 0.05) is 12.1 Å². The minimum absolute atomic E-state index is 0.396. The minimum Gasteiger partial charge on any atom is -0.265 e. The molecular formula is C9H14FN4. The predicted octanol–water partition coefficient (Wildman–Crippen LogP) is 1.24. The summed E-state index contributed by atoms with van der Waals surface area (Å²) in [5, 5.41) is 4.92. The lowest BCUT2D eigenvalue weighted by molar-refractivity contribution is 0.0966. The molecule has 0 bridgehead atoms. The van der Waals surface area contributed by atoms with Gasteiger partial charge in [0.05, 0.1) is 6.20 Å². The van der Waals surface area contributed by atoms with Crippen LogP contribution >= 0.6 is 0 Å². The highest BCUT2D eigenvalue weighted by molar-refractivity contribution is 5.85. The van der Waals surface area contributed by atoms with Gasteiger partial charge in [-0.1, -0.05) is 19.3 Å². The molecule has 0 saturated heterocycles. The van der Waals surface area contributed by atoms with E-state index in [0.29, 0.717) is 6.04 Å². The highest BCUT2D eigenvalue weighted by Crippen LogP contribution is 2.17. The summed E-state index contributed by atoms with van der Waals surface area (Å²) in [6, 6.07) is 0.396. The molecule has 14 heavy (non-hydrogen) atoms. The lowest BCUT2D eigenvalue weighted by Crippen LogP contribution is -2.49. The molecule has 1 saturated carbocycles. The Balaban J connectivity index is 1.82. The number of rotatable bonds is 2. The number of hydrazone groups is 1. The van der Waals surface area contributed by atoms with Crippen molar-refractivity contribution in [1.82, 2.24) is 16.1 Å². The van der Waals surface area contributed by atoms with Crippen molar-refractivity contribution in [2.24, 2.45) is 5.10 Å². The number of nitrogens with one attached hydrogen (secondary N) is 2. The average molecular weight is 197 g/mol. The van der Waals surface area contributed by atoms with Crippen LogP contribution in [0, 0.1) is 6.20 Å². The summed E-state index contributed by atoms with van der Waals surface area (Å²) in [7, 11) is 0. The van der Waals surface area contributed by atoms with E-state index in [1.54, 1.807) is 0 Å². The van der Waals surface area contributed by atoms with Crippen LogP contribution in [-0.2, 0) is 0 Å². The highest BCUT2D eigenvalue weighted by Gasteiger charge is 2.16. The molecule has 2 aliphatic rings. The minimum atomic E-state index is -0.535. The smallest absolute Gasteiger partial charge is 0.236 e. The monoisotopic (exact) mass is 197 g/mol. The largest absolute Gasteiger partial charge is 0.265 e. The lowest BCUT2D eigenvalue weighted by Gasteiger charge is -2.29. The first-order chi connectivity index (χ1) is 6.84. The van der Waals surface area contributed by atoms with Crippen molar-refractivity contribution in [3.63, 3.8) is 0 Å². The van der Waals surface area contributed by atoms with E-state index in [1.807, 2.05) is 0 Å². The number of halogens is 1. The van der Waals surface area contributed by atoms with E-state index in [1.165, 1.54) is 30.6 Å². The number of nitrogens with zero attached hydrogens (tertiary/aromatic N) is 2. The number of hydrazine groups is 2. The molecule has 1 aliphatic heterocycles. The third kappa shape index (κ3) is 2.45. The molecule has 4 nitrogen and oxygen atoms in total. The Hall–Kier alpha value is -1.10. The van der Waals surface area contributed by atoms with E-state index in [2.05, 4.69) is 22.2 Å². The van der Waals surface area contributed by atoms with Gasteiger partial charge in [0.1, 0.15) is 0 Å². The van der Waals surface area contributed by atoms with Crippen molar-refractivity contribution >= 4 is 5.97 Å². The Kier molecular flexibility index (Phi) is 2.98. The fraction of sp³-hybridized carbons (Fsp3) is 0.667. The van der Waals surface area contributed by atoms with Gasteiger partial charge in [0.15, 0.2) is 0 Å². The van der Waals surface area contributed by atoms with Crippen LogP contribution in [0.4, 0.5) is 4.39 Å². The molecule has 2 N–H and O–H groups in total. The van der Waals surface area contributed by atoms with Crippen molar-refractivity contribution in [3.05, 3.63) is 12.3 Å². The van der Waals surface area contributed by atoms with Gasteiger partial charge < -0.3 is 0 Å². The molecule has 1 fully saturated rings. The molecule has 2 rings (SSSR count). The first-order valence-corrected chi connectivity index (χ1v) is 4.99. The van der Waals surface area contributed by atoms with E-state index in [0.717, 1.165) is 12.8 Å². The zero-order valence-electron chi connectivity index (χ0n) is 7.96. The van der Waals surface area contributed by atoms with E-state index in [-0.39, 0.29) is 0 Å². The molecule has 0 unspecified atom stereocenters. The van der Waals surface area contributed by atoms with Gasteiger partial charge >= 0.3 is 0 Å². The first-order valence-electron chi connectivity index (χ1n) is 4.99. The summed E-state index contributed by atoms with van der Waals surface area (Å²) >= 11 is 0. The molecule has 77 valence electrons. The van der Waals surface area contributed by atoms with Crippen LogP contribution in [0.2, 0.25) is 0 Å². The summed E-state index contributed by atoms with van der Waals surface area (Å²) in [4.78, 5) is 0. The van der Waals surface area contributed by atoms with E-state index in [4.69, 9.17) is 0 Å². The van der Waals surface area contributed by atoms with Gasteiger partial charge in [0.2, 0.25) is 5.97 Å². The summed E-state index contributed by atoms with van der Waals surface area (Å²) in [6.07, 6.45) is 9.74. The van der Waals surface area contributed by atoms with Gasteiger partial charge in [0.25, 0.3) is 0 Å². The standard InChI is InChI=1S/C9H14FN4/c10-9-6-7-11-14(13-9)12-8-4-2-1-3-5-8/h6,8,11-12H,1-5H2. The maximum atomic E-state index is 12.7. The fourth-order valence-corrected chi connectivity index (χ4v) is 1.77. The molecule has 1 heterocycles. The van der Waals surface area contributed by atoms with Gasteiger partial charge in [-0.3, -0.25) is 5.43 Å². The quantitative estimate of drug-likeness (QED) is 0.699. The van der Waals surface area contributed by atoms with Crippen molar-refractivity contribution in [2.75, 3.05) is 0 Å². The van der Waals surface area contributed by atoms with Crippen LogP contribution < -0.4 is 10.9 Å². The van der Waals surface area contributed by atoms with Gasteiger partial charge in [-0.25, -0.2) is 0 Å². The lowest BCUT2D eigenvalue weighted by atomic mass is 9.96. The summed E-state index contributed by atoms with van der Waals surface area (Å²) < 4.78 is 12.7. The molecule has 0 aromatic heterocycles. The average Bonchev–Trinajstić information content (AvgIpc) is 2.19. The third-order valence-corrected chi connectivity index (χ3v) is 2.47. The normalized spacial score (nSPS) is 23.2. The number of hydrogen-bond donors (Lipinski definition) is 2. The zero-order valence-corrected chi connectivity index (χ0v) is 7.96. The fourth-order valence-electron chi connectivity index (χ4n) is 1.77. The maximum Gasteiger partial charge on any atom is 0.236 e. The molecule has 0 spiro atoms. The zero-order chi connectivity index (χ0) is 9.80. The molecule has 0 atom stereocenters. The predicted molar refractivity (Wildman–Crippen MR) is 51.3 cm³/mol. The third-order valence-electron chi connectivity index (χ3n) is 2.47. The van der Waals surface area contributed by atoms with Gasteiger partial charge in [-0.15, -0.1) is 10.3 Å².